The Morgan fingerprint density at radius 3 is 2.74 bits per heavy atom. The fourth-order valence-electron chi connectivity index (χ4n) is 2.14. The van der Waals surface area contributed by atoms with Crippen LogP contribution in [0.15, 0.2) is 42.0 Å². The standard InChI is InChI=1S/C14H14N2O2S/c1-14(18,10-2-4-12(17)5-3-10)8-11-9-16-6-7-19-13(16)15-11/h2-7,9,17-18H,8H2,1H3. The van der Waals surface area contributed by atoms with Crippen LogP contribution >= 0.6 is 11.3 Å². The molecule has 5 heteroatoms. The molecule has 3 rings (SSSR count). The fraction of sp³-hybridized carbons (Fsp3) is 0.214. The van der Waals surface area contributed by atoms with E-state index in [4.69, 9.17) is 0 Å². The average Bonchev–Trinajstić information content (AvgIpc) is 2.89. The van der Waals surface area contributed by atoms with Crippen LogP contribution in [0.4, 0.5) is 0 Å². The van der Waals surface area contributed by atoms with Crippen LogP contribution in [-0.4, -0.2) is 19.6 Å². The van der Waals surface area contributed by atoms with Crippen molar-refractivity contribution in [3.8, 4) is 5.75 Å². The highest BCUT2D eigenvalue weighted by molar-refractivity contribution is 7.15. The fourth-order valence-corrected chi connectivity index (χ4v) is 2.86. The minimum Gasteiger partial charge on any atom is -0.508 e. The van der Waals surface area contributed by atoms with Gasteiger partial charge in [0.25, 0.3) is 0 Å². The Bertz CT molecular complexity index is 669. The summed E-state index contributed by atoms with van der Waals surface area (Å²) >= 11 is 1.57. The summed E-state index contributed by atoms with van der Waals surface area (Å²) in [6.45, 7) is 1.76. The third-order valence-corrected chi connectivity index (χ3v) is 3.93. The minimum absolute atomic E-state index is 0.196. The molecule has 0 fully saturated rings. The Labute approximate surface area is 114 Å². The van der Waals surface area contributed by atoms with Crippen molar-refractivity contribution in [3.63, 3.8) is 0 Å². The molecule has 0 aliphatic carbocycles. The molecule has 0 aliphatic heterocycles. The molecule has 2 heterocycles. The average molecular weight is 274 g/mol. The van der Waals surface area contributed by atoms with Crippen LogP contribution in [0.5, 0.6) is 5.75 Å². The number of nitrogens with zero attached hydrogens (tertiary/aromatic N) is 2. The molecule has 0 bridgehead atoms. The zero-order valence-electron chi connectivity index (χ0n) is 10.4. The molecule has 2 N–H and O–H groups in total. The zero-order chi connectivity index (χ0) is 13.5. The van der Waals surface area contributed by atoms with Gasteiger partial charge in [0.1, 0.15) is 5.75 Å². The summed E-state index contributed by atoms with van der Waals surface area (Å²) in [7, 11) is 0. The lowest BCUT2D eigenvalue weighted by atomic mass is 9.91. The highest BCUT2D eigenvalue weighted by Crippen LogP contribution is 2.27. The Hall–Kier alpha value is -1.85. The number of benzene rings is 1. The lowest BCUT2D eigenvalue weighted by Crippen LogP contribution is -2.24. The van der Waals surface area contributed by atoms with E-state index in [-0.39, 0.29) is 5.75 Å². The summed E-state index contributed by atoms with van der Waals surface area (Å²) < 4.78 is 1.95. The van der Waals surface area contributed by atoms with Gasteiger partial charge in [-0.05, 0) is 24.6 Å². The third kappa shape index (κ3) is 2.34. The molecule has 0 amide bonds. The Morgan fingerprint density at radius 2 is 2.05 bits per heavy atom. The van der Waals surface area contributed by atoms with Gasteiger partial charge >= 0.3 is 0 Å². The van der Waals surface area contributed by atoms with Crippen molar-refractivity contribution in [1.82, 2.24) is 9.38 Å². The molecular formula is C14H14N2O2S. The number of hydrogen-bond donors (Lipinski definition) is 2. The second kappa shape index (κ2) is 4.36. The van der Waals surface area contributed by atoms with E-state index >= 15 is 0 Å². The number of imidazole rings is 1. The van der Waals surface area contributed by atoms with E-state index in [1.54, 1.807) is 42.5 Å². The molecular weight excluding hydrogens is 260 g/mol. The molecule has 2 aromatic heterocycles. The van der Waals surface area contributed by atoms with Crippen LogP contribution in [0.25, 0.3) is 4.96 Å². The second-order valence-electron chi connectivity index (χ2n) is 4.82. The van der Waals surface area contributed by atoms with E-state index in [0.29, 0.717) is 6.42 Å². The van der Waals surface area contributed by atoms with Gasteiger partial charge in [-0.15, -0.1) is 11.3 Å². The van der Waals surface area contributed by atoms with Crippen LogP contribution in [-0.2, 0) is 12.0 Å². The number of phenolic OH excluding ortho intramolecular Hbond substituents is 1. The van der Waals surface area contributed by atoms with Crippen LogP contribution in [0.1, 0.15) is 18.2 Å². The van der Waals surface area contributed by atoms with Crippen molar-refractivity contribution in [2.24, 2.45) is 0 Å². The number of phenols is 1. The summed E-state index contributed by atoms with van der Waals surface area (Å²) in [6, 6.07) is 6.62. The highest BCUT2D eigenvalue weighted by Gasteiger charge is 2.25. The molecule has 0 saturated heterocycles. The lowest BCUT2D eigenvalue weighted by Gasteiger charge is -2.22. The van der Waals surface area contributed by atoms with Crippen molar-refractivity contribution >= 4 is 16.3 Å². The first kappa shape index (κ1) is 12.2. The summed E-state index contributed by atoms with van der Waals surface area (Å²) in [4.78, 5) is 5.40. The summed E-state index contributed by atoms with van der Waals surface area (Å²) in [6.07, 6.45) is 4.32. The molecule has 1 unspecified atom stereocenters. The number of rotatable bonds is 3. The van der Waals surface area contributed by atoms with Crippen LogP contribution in [0, 0.1) is 0 Å². The van der Waals surface area contributed by atoms with Gasteiger partial charge in [-0.1, -0.05) is 12.1 Å². The van der Waals surface area contributed by atoms with Gasteiger partial charge in [0.05, 0.1) is 11.3 Å². The normalized spacial score (nSPS) is 14.6. The topological polar surface area (TPSA) is 57.8 Å². The smallest absolute Gasteiger partial charge is 0.193 e. The van der Waals surface area contributed by atoms with Gasteiger partial charge in [-0.3, -0.25) is 4.40 Å². The van der Waals surface area contributed by atoms with Crippen LogP contribution in [0.2, 0.25) is 0 Å². The first-order valence-corrected chi connectivity index (χ1v) is 6.85. The first-order valence-electron chi connectivity index (χ1n) is 5.97. The van der Waals surface area contributed by atoms with E-state index in [0.717, 1.165) is 16.2 Å². The van der Waals surface area contributed by atoms with Crippen molar-refractivity contribution < 1.29 is 10.2 Å². The summed E-state index contributed by atoms with van der Waals surface area (Å²) in [5, 5.41) is 21.8. The van der Waals surface area contributed by atoms with E-state index in [9.17, 15) is 10.2 Å². The van der Waals surface area contributed by atoms with Gasteiger partial charge in [-0.2, -0.15) is 0 Å². The number of thiazole rings is 1. The lowest BCUT2D eigenvalue weighted by molar-refractivity contribution is 0.0567. The maximum atomic E-state index is 10.6. The molecule has 98 valence electrons. The molecule has 1 aromatic carbocycles. The zero-order valence-corrected chi connectivity index (χ0v) is 11.3. The molecule has 1 atom stereocenters. The summed E-state index contributed by atoms with van der Waals surface area (Å²) in [5.74, 6) is 0.196. The molecule has 0 radical (unpaired) electrons. The number of aliphatic hydroxyl groups is 1. The van der Waals surface area contributed by atoms with Gasteiger partial charge in [0.15, 0.2) is 4.96 Å². The number of aromatic nitrogens is 2. The predicted octanol–water partition coefficient (Wildman–Crippen LogP) is 2.55. The Kier molecular flexibility index (Phi) is 2.80. The van der Waals surface area contributed by atoms with Crippen molar-refractivity contribution in [3.05, 3.63) is 53.3 Å². The number of aromatic hydroxyl groups is 1. The Morgan fingerprint density at radius 1 is 1.32 bits per heavy atom. The third-order valence-electron chi connectivity index (χ3n) is 3.16. The monoisotopic (exact) mass is 274 g/mol. The second-order valence-corrected chi connectivity index (χ2v) is 5.70. The largest absolute Gasteiger partial charge is 0.508 e. The Balaban J connectivity index is 1.88. The quantitative estimate of drug-likeness (QED) is 0.771. The van der Waals surface area contributed by atoms with Crippen LogP contribution < -0.4 is 0 Å². The van der Waals surface area contributed by atoms with E-state index in [2.05, 4.69) is 4.98 Å². The molecule has 0 saturated carbocycles. The SMILES string of the molecule is CC(O)(Cc1cn2ccsc2n1)c1ccc(O)cc1. The predicted molar refractivity (Wildman–Crippen MR) is 74.5 cm³/mol. The molecule has 4 nitrogen and oxygen atoms in total. The van der Waals surface area contributed by atoms with Gasteiger partial charge in [0, 0.05) is 24.2 Å². The van der Waals surface area contributed by atoms with Crippen molar-refractivity contribution in [1.29, 1.82) is 0 Å². The highest BCUT2D eigenvalue weighted by atomic mass is 32.1. The minimum atomic E-state index is -1.00. The number of fused-ring (bicyclic) bond motifs is 1. The van der Waals surface area contributed by atoms with Gasteiger partial charge in [-0.25, -0.2) is 4.98 Å². The number of hydrogen-bond acceptors (Lipinski definition) is 4. The molecule has 0 aliphatic rings. The summed E-state index contributed by atoms with van der Waals surface area (Å²) in [5.41, 5.74) is 0.615. The van der Waals surface area contributed by atoms with Crippen molar-refractivity contribution in [2.45, 2.75) is 18.9 Å². The van der Waals surface area contributed by atoms with E-state index < -0.39 is 5.60 Å². The molecule has 3 aromatic rings. The first-order chi connectivity index (χ1) is 9.04. The molecule has 0 spiro atoms. The van der Waals surface area contributed by atoms with Crippen molar-refractivity contribution in [2.75, 3.05) is 0 Å². The van der Waals surface area contributed by atoms with E-state index in [1.165, 1.54) is 0 Å². The van der Waals surface area contributed by atoms with E-state index in [1.807, 2.05) is 22.2 Å². The van der Waals surface area contributed by atoms with Gasteiger partial charge in [0.2, 0.25) is 0 Å². The van der Waals surface area contributed by atoms with Crippen LogP contribution in [0.3, 0.4) is 0 Å². The maximum absolute atomic E-state index is 10.6. The maximum Gasteiger partial charge on any atom is 0.193 e. The molecule has 19 heavy (non-hydrogen) atoms. The van der Waals surface area contributed by atoms with Gasteiger partial charge < -0.3 is 10.2 Å².